The van der Waals surface area contributed by atoms with Crippen LogP contribution in [-0.2, 0) is 26.8 Å². The van der Waals surface area contributed by atoms with Gasteiger partial charge in [0.05, 0.1) is 11.5 Å². The van der Waals surface area contributed by atoms with Crippen molar-refractivity contribution >= 4 is 27.3 Å². The maximum Gasteiger partial charge on any atom is 0.222 e. The van der Waals surface area contributed by atoms with Gasteiger partial charge in [-0.1, -0.05) is 23.7 Å². The zero-order valence-electron chi connectivity index (χ0n) is 14.4. The molecule has 3 rings (SSSR count). The highest BCUT2D eigenvalue weighted by Crippen LogP contribution is 2.22. The molecule has 0 unspecified atom stereocenters. The van der Waals surface area contributed by atoms with Gasteiger partial charge in [-0.25, -0.2) is 8.42 Å². The number of rotatable bonds is 6. The molecule has 1 saturated heterocycles. The van der Waals surface area contributed by atoms with Gasteiger partial charge in [-0.15, -0.1) is 0 Å². The molecule has 7 heteroatoms. The van der Waals surface area contributed by atoms with E-state index in [0.717, 1.165) is 5.56 Å². The fourth-order valence-electron chi connectivity index (χ4n) is 3.28. The number of sulfone groups is 1. The Balaban J connectivity index is 1.49. The van der Waals surface area contributed by atoms with Crippen molar-refractivity contribution in [3.8, 4) is 0 Å². The van der Waals surface area contributed by atoms with E-state index in [0.29, 0.717) is 49.6 Å². The standard InChI is InChI=1S/C19H22ClNO4S/c20-16-4-1-3-15(13-16)6-7-19(22)21-10-8-18(9-11-21)26(23,24)14-17-5-2-12-25-17/h1-5,12-13,18H,6-11,14H2. The summed E-state index contributed by atoms with van der Waals surface area (Å²) >= 11 is 5.96. The van der Waals surface area contributed by atoms with Gasteiger partial charge >= 0.3 is 0 Å². The number of amides is 1. The van der Waals surface area contributed by atoms with E-state index in [9.17, 15) is 13.2 Å². The van der Waals surface area contributed by atoms with Crippen LogP contribution in [0.5, 0.6) is 0 Å². The van der Waals surface area contributed by atoms with Gasteiger partial charge in [0.15, 0.2) is 9.84 Å². The lowest BCUT2D eigenvalue weighted by Crippen LogP contribution is -2.42. The summed E-state index contributed by atoms with van der Waals surface area (Å²) in [6.45, 7) is 0.965. The number of likely N-dealkylation sites (tertiary alicyclic amines) is 1. The Hall–Kier alpha value is -1.79. The second-order valence-electron chi connectivity index (χ2n) is 6.60. The number of hydrogen-bond donors (Lipinski definition) is 0. The van der Waals surface area contributed by atoms with Crippen LogP contribution in [0.4, 0.5) is 0 Å². The molecule has 0 radical (unpaired) electrons. The summed E-state index contributed by atoms with van der Waals surface area (Å²) in [5.74, 6) is 0.449. The second-order valence-corrected chi connectivity index (χ2v) is 9.31. The van der Waals surface area contributed by atoms with Crippen molar-refractivity contribution in [1.82, 2.24) is 4.90 Å². The average Bonchev–Trinajstić information content (AvgIpc) is 3.12. The SMILES string of the molecule is O=C(CCc1cccc(Cl)c1)N1CCC(S(=O)(=O)Cc2ccco2)CC1. The molecule has 0 N–H and O–H groups in total. The number of aryl methyl sites for hydroxylation is 1. The van der Waals surface area contributed by atoms with Crippen LogP contribution in [0.15, 0.2) is 47.1 Å². The number of carbonyl (C=O) groups is 1. The van der Waals surface area contributed by atoms with Gasteiger partial charge in [0.2, 0.25) is 5.91 Å². The molecule has 2 heterocycles. The van der Waals surface area contributed by atoms with Gasteiger partial charge < -0.3 is 9.32 Å². The molecule has 1 aromatic carbocycles. The summed E-state index contributed by atoms with van der Waals surface area (Å²) in [4.78, 5) is 14.2. The van der Waals surface area contributed by atoms with Crippen molar-refractivity contribution in [2.24, 2.45) is 0 Å². The van der Waals surface area contributed by atoms with Crippen LogP contribution in [0.1, 0.15) is 30.6 Å². The van der Waals surface area contributed by atoms with Gasteiger partial charge in [-0.05, 0) is 49.1 Å². The van der Waals surface area contributed by atoms with E-state index in [-0.39, 0.29) is 11.7 Å². The molecule has 0 bridgehead atoms. The third-order valence-electron chi connectivity index (χ3n) is 4.74. The Bertz CT molecular complexity index is 840. The number of halogens is 1. The summed E-state index contributed by atoms with van der Waals surface area (Å²) in [5.41, 5.74) is 1.03. The van der Waals surface area contributed by atoms with E-state index in [4.69, 9.17) is 16.0 Å². The number of carbonyl (C=O) groups excluding carboxylic acids is 1. The molecule has 1 amide bonds. The molecule has 1 fully saturated rings. The fraction of sp³-hybridized carbons (Fsp3) is 0.421. The number of benzene rings is 1. The third-order valence-corrected chi connectivity index (χ3v) is 7.15. The predicted octanol–water partition coefficient (Wildman–Crippen LogP) is 3.47. The van der Waals surface area contributed by atoms with Crippen molar-refractivity contribution < 1.29 is 17.6 Å². The minimum atomic E-state index is -3.26. The summed E-state index contributed by atoms with van der Waals surface area (Å²) in [6.07, 6.45) is 3.48. The highest BCUT2D eigenvalue weighted by Gasteiger charge is 2.32. The lowest BCUT2D eigenvalue weighted by Gasteiger charge is -2.31. The molecule has 140 valence electrons. The third kappa shape index (κ3) is 4.89. The fourth-order valence-corrected chi connectivity index (χ4v) is 5.22. The number of hydrogen-bond acceptors (Lipinski definition) is 4. The largest absolute Gasteiger partial charge is 0.468 e. The number of furan rings is 1. The first kappa shape index (κ1) is 19.0. The summed E-state index contributed by atoms with van der Waals surface area (Å²) in [6, 6.07) is 10.9. The van der Waals surface area contributed by atoms with Crippen LogP contribution in [-0.4, -0.2) is 37.6 Å². The van der Waals surface area contributed by atoms with Crippen molar-refractivity contribution in [2.45, 2.75) is 36.7 Å². The molecular formula is C19H22ClNO4S. The first-order valence-corrected chi connectivity index (χ1v) is 10.8. The molecule has 1 aliphatic rings. The highest BCUT2D eigenvalue weighted by molar-refractivity contribution is 7.91. The molecule has 1 aliphatic heterocycles. The summed E-state index contributed by atoms with van der Waals surface area (Å²) in [5, 5.41) is 0.252. The van der Waals surface area contributed by atoms with Crippen LogP contribution in [0.2, 0.25) is 5.02 Å². The second kappa shape index (κ2) is 8.27. The van der Waals surface area contributed by atoms with E-state index in [2.05, 4.69) is 0 Å². The first-order valence-electron chi connectivity index (χ1n) is 8.70. The number of nitrogens with zero attached hydrogens (tertiary/aromatic N) is 1. The topological polar surface area (TPSA) is 67.6 Å². The maximum absolute atomic E-state index is 12.5. The molecule has 5 nitrogen and oxygen atoms in total. The normalized spacial score (nSPS) is 16.0. The quantitative estimate of drug-likeness (QED) is 0.751. The van der Waals surface area contributed by atoms with E-state index in [1.165, 1.54) is 6.26 Å². The molecule has 0 aliphatic carbocycles. The molecule has 0 spiro atoms. The molecule has 1 aromatic heterocycles. The Morgan fingerprint density at radius 3 is 2.62 bits per heavy atom. The predicted molar refractivity (Wildman–Crippen MR) is 101 cm³/mol. The van der Waals surface area contributed by atoms with Crippen molar-refractivity contribution in [1.29, 1.82) is 0 Å². The Labute approximate surface area is 158 Å². The average molecular weight is 396 g/mol. The number of piperidine rings is 1. The minimum Gasteiger partial charge on any atom is -0.468 e. The van der Waals surface area contributed by atoms with Crippen LogP contribution in [0, 0.1) is 0 Å². The summed E-state index contributed by atoms with van der Waals surface area (Å²) < 4.78 is 30.1. The molecule has 26 heavy (non-hydrogen) atoms. The monoisotopic (exact) mass is 395 g/mol. The molecule has 0 atom stereocenters. The van der Waals surface area contributed by atoms with E-state index in [1.54, 1.807) is 23.1 Å². The van der Waals surface area contributed by atoms with Gasteiger partial charge in [-0.3, -0.25) is 4.79 Å². The Morgan fingerprint density at radius 2 is 1.96 bits per heavy atom. The lowest BCUT2D eigenvalue weighted by molar-refractivity contribution is -0.132. The zero-order chi connectivity index (χ0) is 18.6. The summed E-state index contributed by atoms with van der Waals surface area (Å²) in [7, 11) is -3.26. The van der Waals surface area contributed by atoms with Gasteiger partial charge in [-0.2, -0.15) is 0 Å². The van der Waals surface area contributed by atoms with Gasteiger partial charge in [0.1, 0.15) is 11.5 Å². The maximum atomic E-state index is 12.5. The van der Waals surface area contributed by atoms with Crippen molar-refractivity contribution in [3.05, 3.63) is 59.0 Å². The Morgan fingerprint density at radius 1 is 1.19 bits per heavy atom. The zero-order valence-corrected chi connectivity index (χ0v) is 16.0. The van der Waals surface area contributed by atoms with E-state index < -0.39 is 15.1 Å². The van der Waals surface area contributed by atoms with Crippen LogP contribution >= 0.6 is 11.6 Å². The minimum absolute atomic E-state index is 0.0619. The molecule has 2 aromatic rings. The van der Waals surface area contributed by atoms with Gasteiger partial charge in [0.25, 0.3) is 0 Å². The molecule has 0 saturated carbocycles. The smallest absolute Gasteiger partial charge is 0.222 e. The van der Waals surface area contributed by atoms with Gasteiger partial charge in [0, 0.05) is 24.5 Å². The van der Waals surface area contributed by atoms with Crippen LogP contribution in [0.25, 0.3) is 0 Å². The van der Waals surface area contributed by atoms with Crippen molar-refractivity contribution in [2.75, 3.05) is 13.1 Å². The molecular weight excluding hydrogens is 374 g/mol. The highest BCUT2D eigenvalue weighted by atomic mass is 35.5. The van der Waals surface area contributed by atoms with Crippen LogP contribution < -0.4 is 0 Å². The van der Waals surface area contributed by atoms with E-state index in [1.807, 2.05) is 18.2 Å². The van der Waals surface area contributed by atoms with Crippen molar-refractivity contribution in [3.63, 3.8) is 0 Å². The van der Waals surface area contributed by atoms with E-state index >= 15 is 0 Å². The first-order chi connectivity index (χ1) is 12.4. The lowest BCUT2D eigenvalue weighted by atomic mass is 10.1. The Kier molecular flexibility index (Phi) is 6.04. The van der Waals surface area contributed by atoms with Crippen LogP contribution in [0.3, 0.4) is 0 Å².